The number of nitrogens with one attached hydrogen (secondary N) is 1. The molecule has 1 rings (SSSR count). The fourth-order valence-corrected chi connectivity index (χ4v) is 1.63. The molecule has 4 heteroatoms. The summed E-state index contributed by atoms with van der Waals surface area (Å²) in [7, 11) is 0. The summed E-state index contributed by atoms with van der Waals surface area (Å²) in [5, 5.41) is 4.51. The Morgan fingerprint density at radius 3 is 2.81 bits per heavy atom. The van der Waals surface area contributed by atoms with Crippen LogP contribution in [0, 0.1) is 0 Å². The van der Waals surface area contributed by atoms with Crippen molar-refractivity contribution in [1.29, 1.82) is 0 Å². The minimum atomic E-state index is 0.0718. The summed E-state index contributed by atoms with van der Waals surface area (Å²) in [5.74, 6) is 0.639. The Bertz CT molecular complexity index is 331. The Balaban J connectivity index is 2.48. The fraction of sp³-hybridized carbons (Fsp3) is 0.500. The summed E-state index contributed by atoms with van der Waals surface area (Å²) in [4.78, 5) is 0. The van der Waals surface area contributed by atoms with Crippen LogP contribution in [0.4, 0.5) is 0 Å². The van der Waals surface area contributed by atoms with Gasteiger partial charge in [0.25, 0.3) is 0 Å². The predicted molar refractivity (Wildman–Crippen MR) is 69.7 cm³/mol. The van der Waals surface area contributed by atoms with Gasteiger partial charge in [0, 0.05) is 17.6 Å². The Labute approximate surface area is 107 Å². The molecule has 0 radical (unpaired) electrons. The van der Waals surface area contributed by atoms with Gasteiger partial charge in [0.1, 0.15) is 11.9 Å². The second-order valence-corrected chi connectivity index (χ2v) is 4.55. The van der Waals surface area contributed by atoms with E-state index in [-0.39, 0.29) is 6.10 Å². The van der Waals surface area contributed by atoms with Gasteiger partial charge in [-0.2, -0.15) is 0 Å². The molecule has 0 spiro atoms. The van der Waals surface area contributed by atoms with E-state index in [1.54, 1.807) is 18.2 Å². The monoisotopic (exact) mass is 261 g/mol. The van der Waals surface area contributed by atoms with Gasteiger partial charge in [-0.1, -0.05) is 30.1 Å². The van der Waals surface area contributed by atoms with Gasteiger partial charge in [-0.15, -0.1) is 0 Å². The Morgan fingerprint density at radius 1 is 1.38 bits per heavy atom. The van der Waals surface area contributed by atoms with Crippen LogP contribution in [-0.4, -0.2) is 19.2 Å². The lowest BCUT2D eigenvalue weighted by Crippen LogP contribution is -2.29. The van der Waals surface area contributed by atoms with Gasteiger partial charge in [0.15, 0.2) is 0 Å². The minimum Gasteiger partial charge on any atom is -0.488 e. The van der Waals surface area contributed by atoms with E-state index in [2.05, 4.69) is 12.2 Å². The molecule has 1 unspecified atom stereocenters. The van der Waals surface area contributed by atoms with Gasteiger partial charge >= 0.3 is 0 Å². The number of benzene rings is 1. The van der Waals surface area contributed by atoms with Crippen molar-refractivity contribution in [2.75, 3.05) is 13.1 Å². The summed E-state index contributed by atoms with van der Waals surface area (Å²) >= 11 is 11.9. The molecule has 0 aliphatic rings. The van der Waals surface area contributed by atoms with Crippen molar-refractivity contribution < 1.29 is 4.74 Å². The van der Waals surface area contributed by atoms with Crippen molar-refractivity contribution in [2.45, 2.75) is 26.4 Å². The summed E-state index contributed by atoms with van der Waals surface area (Å²) in [5.41, 5.74) is 0. The quantitative estimate of drug-likeness (QED) is 0.788. The van der Waals surface area contributed by atoms with E-state index in [1.165, 1.54) is 0 Å². The summed E-state index contributed by atoms with van der Waals surface area (Å²) in [6, 6.07) is 5.22. The molecule has 16 heavy (non-hydrogen) atoms. The number of ether oxygens (including phenoxy) is 1. The summed E-state index contributed by atoms with van der Waals surface area (Å²) < 4.78 is 5.69. The van der Waals surface area contributed by atoms with Crippen LogP contribution in [0.5, 0.6) is 5.75 Å². The summed E-state index contributed by atoms with van der Waals surface area (Å²) in [6.45, 7) is 5.93. The zero-order valence-electron chi connectivity index (χ0n) is 9.59. The smallest absolute Gasteiger partial charge is 0.139 e. The molecule has 0 saturated carbocycles. The molecule has 0 saturated heterocycles. The number of halogens is 2. The second-order valence-electron chi connectivity index (χ2n) is 3.71. The first-order valence-electron chi connectivity index (χ1n) is 5.46. The molecule has 0 amide bonds. The van der Waals surface area contributed by atoms with Crippen LogP contribution in [0.15, 0.2) is 18.2 Å². The largest absolute Gasteiger partial charge is 0.488 e. The molecule has 0 aliphatic carbocycles. The molecule has 1 N–H and O–H groups in total. The maximum Gasteiger partial charge on any atom is 0.139 e. The Hall–Kier alpha value is -0.440. The molecule has 1 atom stereocenters. The summed E-state index contributed by atoms with van der Waals surface area (Å²) in [6.07, 6.45) is 1.19. The molecule has 2 nitrogen and oxygen atoms in total. The SMILES string of the molecule is CCCNCC(C)Oc1cc(Cl)ccc1Cl. The van der Waals surface area contributed by atoms with Crippen LogP contribution in [0.25, 0.3) is 0 Å². The molecule has 1 aromatic rings. The minimum absolute atomic E-state index is 0.0718. The van der Waals surface area contributed by atoms with Crippen LogP contribution in [0.2, 0.25) is 10.0 Å². The standard InChI is InChI=1S/C12H17Cl2NO/c1-3-6-15-8-9(2)16-12-7-10(13)4-5-11(12)14/h4-5,7,9,15H,3,6,8H2,1-2H3. The van der Waals surface area contributed by atoms with E-state index in [0.717, 1.165) is 19.5 Å². The van der Waals surface area contributed by atoms with Crippen LogP contribution < -0.4 is 10.1 Å². The second kappa shape index (κ2) is 7.00. The molecule has 0 heterocycles. The highest BCUT2D eigenvalue weighted by atomic mass is 35.5. The van der Waals surface area contributed by atoms with E-state index >= 15 is 0 Å². The van der Waals surface area contributed by atoms with Crippen molar-refractivity contribution in [3.8, 4) is 5.75 Å². The van der Waals surface area contributed by atoms with E-state index < -0.39 is 0 Å². The average Bonchev–Trinajstić information content (AvgIpc) is 2.24. The maximum absolute atomic E-state index is 6.00. The Morgan fingerprint density at radius 2 is 2.12 bits per heavy atom. The molecule has 0 aromatic heterocycles. The predicted octanol–water partition coefficient (Wildman–Crippen LogP) is 3.76. The topological polar surface area (TPSA) is 21.3 Å². The highest BCUT2D eigenvalue weighted by Crippen LogP contribution is 2.28. The third-order valence-corrected chi connectivity index (χ3v) is 2.63. The number of hydrogen-bond donors (Lipinski definition) is 1. The highest BCUT2D eigenvalue weighted by molar-refractivity contribution is 6.34. The highest BCUT2D eigenvalue weighted by Gasteiger charge is 2.07. The van der Waals surface area contributed by atoms with E-state index in [0.29, 0.717) is 15.8 Å². The maximum atomic E-state index is 6.00. The Kier molecular flexibility index (Phi) is 5.96. The van der Waals surface area contributed by atoms with Gasteiger partial charge < -0.3 is 10.1 Å². The number of rotatable bonds is 6. The van der Waals surface area contributed by atoms with Crippen molar-refractivity contribution in [3.05, 3.63) is 28.2 Å². The van der Waals surface area contributed by atoms with Crippen molar-refractivity contribution in [1.82, 2.24) is 5.32 Å². The lowest BCUT2D eigenvalue weighted by atomic mass is 10.3. The van der Waals surface area contributed by atoms with E-state index in [4.69, 9.17) is 27.9 Å². The first-order valence-corrected chi connectivity index (χ1v) is 6.21. The zero-order chi connectivity index (χ0) is 12.0. The third kappa shape index (κ3) is 4.60. The number of hydrogen-bond acceptors (Lipinski definition) is 2. The molecule has 1 aromatic carbocycles. The molecular formula is C12H17Cl2NO. The fourth-order valence-electron chi connectivity index (χ4n) is 1.31. The lowest BCUT2D eigenvalue weighted by molar-refractivity contribution is 0.217. The van der Waals surface area contributed by atoms with Crippen molar-refractivity contribution in [2.24, 2.45) is 0 Å². The lowest BCUT2D eigenvalue weighted by Gasteiger charge is -2.16. The molecular weight excluding hydrogens is 245 g/mol. The normalized spacial score (nSPS) is 12.5. The van der Waals surface area contributed by atoms with Gasteiger partial charge in [0.2, 0.25) is 0 Å². The van der Waals surface area contributed by atoms with Gasteiger partial charge in [0.05, 0.1) is 5.02 Å². The third-order valence-electron chi connectivity index (χ3n) is 2.08. The van der Waals surface area contributed by atoms with Crippen LogP contribution >= 0.6 is 23.2 Å². The van der Waals surface area contributed by atoms with E-state index in [1.807, 2.05) is 6.92 Å². The first-order chi connectivity index (χ1) is 7.63. The van der Waals surface area contributed by atoms with Gasteiger partial charge in [-0.25, -0.2) is 0 Å². The van der Waals surface area contributed by atoms with Crippen molar-refractivity contribution in [3.63, 3.8) is 0 Å². The first kappa shape index (κ1) is 13.6. The van der Waals surface area contributed by atoms with Gasteiger partial charge in [-0.3, -0.25) is 0 Å². The van der Waals surface area contributed by atoms with Gasteiger partial charge in [-0.05, 0) is 32.0 Å². The van der Waals surface area contributed by atoms with Crippen LogP contribution in [0.1, 0.15) is 20.3 Å². The van der Waals surface area contributed by atoms with Crippen LogP contribution in [-0.2, 0) is 0 Å². The van der Waals surface area contributed by atoms with Crippen molar-refractivity contribution >= 4 is 23.2 Å². The average molecular weight is 262 g/mol. The molecule has 0 bridgehead atoms. The molecule has 90 valence electrons. The van der Waals surface area contributed by atoms with E-state index in [9.17, 15) is 0 Å². The molecule has 0 fully saturated rings. The molecule has 0 aliphatic heterocycles. The van der Waals surface area contributed by atoms with Crippen LogP contribution in [0.3, 0.4) is 0 Å². The zero-order valence-corrected chi connectivity index (χ0v) is 11.1.